The van der Waals surface area contributed by atoms with Gasteiger partial charge in [0.25, 0.3) is 0 Å². The van der Waals surface area contributed by atoms with Crippen molar-refractivity contribution in [3.05, 3.63) is 47.3 Å². The van der Waals surface area contributed by atoms with Gasteiger partial charge in [-0.1, -0.05) is 12.1 Å². The highest BCUT2D eigenvalue weighted by Gasteiger charge is 2.20. The van der Waals surface area contributed by atoms with Gasteiger partial charge >= 0.3 is 0 Å². The van der Waals surface area contributed by atoms with E-state index in [4.69, 9.17) is 5.73 Å². The number of rotatable bonds is 3. The van der Waals surface area contributed by atoms with Crippen LogP contribution in [0.15, 0.2) is 24.5 Å². The number of imidazole rings is 1. The molecule has 1 aliphatic carbocycles. The van der Waals surface area contributed by atoms with Gasteiger partial charge in [0.2, 0.25) is 0 Å². The SMILES string of the molecule is CC(N)Cc1cccc(F)c1-n1cnc2c1CCCC2. The zero-order chi connectivity index (χ0) is 14.1. The quantitative estimate of drug-likeness (QED) is 0.934. The summed E-state index contributed by atoms with van der Waals surface area (Å²) >= 11 is 0. The van der Waals surface area contributed by atoms with E-state index >= 15 is 0 Å². The number of hydrogen-bond donors (Lipinski definition) is 1. The number of nitrogens with zero attached hydrogens (tertiary/aromatic N) is 2. The summed E-state index contributed by atoms with van der Waals surface area (Å²) in [5, 5.41) is 0. The van der Waals surface area contributed by atoms with E-state index in [-0.39, 0.29) is 11.9 Å². The zero-order valence-corrected chi connectivity index (χ0v) is 11.8. The van der Waals surface area contributed by atoms with E-state index in [1.165, 1.54) is 12.5 Å². The molecule has 0 fully saturated rings. The van der Waals surface area contributed by atoms with Crippen LogP contribution in [0.25, 0.3) is 5.69 Å². The van der Waals surface area contributed by atoms with Crippen molar-refractivity contribution in [3.63, 3.8) is 0 Å². The highest BCUT2D eigenvalue weighted by molar-refractivity contribution is 5.45. The Morgan fingerprint density at radius 3 is 2.95 bits per heavy atom. The maximum atomic E-state index is 14.3. The summed E-state index contributed by atoms with van der Waals surface area (Å²) in [6.07, 6.45) is 6.73. The molecule has 0 spiro atoms. The van der Waals surface area contributed by atoms with Crippen LogP contribution < -0.4 is 5.73 Å². The molecule has 1 aromatic carbocycles. The van der Waals surface area contributed by atoms with Gasteiger partial charge in [-0.05, 0) is 50.7 Å². The number of fused-ring (bicyclic) bond motifs is 1. The van der Waals surface area contributed by atoms with Crippen LogP contribution >= 0.6 is 0 Å². The molecule has 2 aromatic rings. The van der Waals surface area contributed by atoms with E-state index in [0.29, 0.717) is 12.1 Å². The first-order valence-corrected chi connectivity index (χ1v) is 7.25. The summed E-state index contributed by atoms with van der Waals surface area (Å²) in [7, 11) is 0. The second kappa shape index (κ2) is 5.37. The Labute approximate surface area is 118 Å². The molecule has 106 valence electrons. The van der Waals surface area contributed by atoms with Crippen LogP contribution in [0.1, 0.15) is 36.7 Å². The van der Waals surface area contributed by atoms with Crippen molar-refractivity contribution in [2.75, 3.05) is 0 Å². The first-order valence-electron chi connectivity index (χ1n) is 7.25. The fourth-order valence-electron chi connectivity index (χ4n) is 3.00. The Bertz CT molecular complexity index is 616. The van der Waals surface area contributed by atoms with Gasteiger partial charge in [0.05, 0.1) is 17.7 Å². The largest absolute Gasteiger partial charge is 0.328 e. The average molecular weight is 273 g/mol. The molecule has 0 saturated heterocycles. The number of hydrogen-bond acceptors (Lipinski definition) is 2. The van der Waals surface area contributed by atoms with Crippen LogP contribution in [-0.4, -0.2) is 15.6 Å². The Morgan fingerprint density at radius 1 is 1.35 bits per heavy atom. The van der Waals surface area contributed by atoms with Crippen LogP contribution in [0, 0.1) is 5.82 Å². The number of aromatic nitrogens is 2. The van der Waals surface area contributed by atoms with Gasteiger partial charge < -0.3 is 5.73 Å². The Kier molecular flexibility index (Phi) is 3.57. The lowest BCUT2D eigenvalue weighted by molar-refractivity contribution is 0.602. The van der Waals surface area contributed by atoms with E-state index in [9.17, 15) is 4.39 Å². The van der Waals surface area contributed by atoms with Crippen molar-refractivity contribution in [2.45, 2.75) is 45.1 Å². The number of para-hydroxylation sites is 1. The third kappa shape index (κ3) is 2.36. The molecule has 1 aromatic heterocycles. The third-order valence-electron chi connectivity index (χ3n) is 3.88. The second-order valence-corrected chi connectivity index (χ2v) is 5.64. The predicted molar refractivity (Wildman–Crippen MR) is 77.5 cm³/mol. The lowest BCUT2D eigenvalue weighted by Crippen LogP contribution is -2.20. The van der Waals surface area contributed by atoms with Crippen molar-refractivity contribution < 1.29 is 4.39 Å². The standard InChI is InChI=1S/C16H20FN3/c1-11(18)9-12-5-4-6-13(17)16(12)20-10-19-14-7-2-3-8-15(14)20/h4-6,10-11H,2-3,7-9,18H2,1H3. The number of benzene rings is 1. The van der Waals surface area contributed by atoms with Crippen LogP contribution in [0.3, 0.4) is 0 Å². The highest BCUT2D eigenvalue weighted by atomic mass is 19.1. The molecule has 1 aliphatic rings. The van der Waals surface area contributed by atoms with Crippen LogP contribution in [0.2, 0.25) is 0 Å². The normalized spacial score (nSPS) is 15.9. The Hall–Kier alpha value is -1.68. The fraction of sp³-hybridized carbons (Fsp3) is 0.438. The summed E-state index contributed by atoms with van der Waals surface area (Å²) in [6.45, 7) is 1.94. The molecule has 0 saturated carbocycles. The highest BCUT2D eigenvalue weighted by Crippen LogP contribution is 2.27. The van der Waals surface area contributed by atoms with Crippen molar-refractivity contribution in [1.82, 2.24) is 9.55 Å². The van der Waals surface area contributed by atoms with E-state index < -0.39 is 0 Å². The molecule has 2 N–H and O–H groups in total. The molecule has 0 radical (unpaired) electrons. The van der Waals surface area contributed by atoms with Crippen LogP contribution in [-0.2, 0) is 19.3 Å². The molecular weight excluding hydrogens is 253 g/mol. The first-order chi connectivity index (χ1) is 9.66. The monoisotopic (exact) mass is 273 g/mol. The Morgan fingerprint density at radius 2 is 2.15 bits per heavy atom. The molecule has 3 rings (SSSR count). The summed E-state index contributed by atoms with van der Waals surface area (Å²) in [4.78, 5) is 4.46. The van der Waals surface area contributed by atoms with Gasteiger partial charge in [0, 0.05) is 11.7 Å². The maximum Gasteiger partial charge on any atom is 0.147 e. The van der Waals surface area contributed by atoms with Crippen molar-refractivity contribution in [3.8, 4) is 5.69 Å². The summed E-state index contributed by atoms with van der Waals surface area (Å²) < 4.78 is 16.3. The van der Waals surface area contributed by atoms with Crippen molar-refractivity contribution >= 4 is 0 Å². The molecule has 0 bridgehead atoms. The van der Waals surface area contributed by atoms with Gasteiger partial charge in [-0.2, -0.15) is 0 Å². The number of halogens is 1. The lowest BCUT2D eigenvalue weighted by Gasteiger charge is -2.18. The topological polar surface area (TPSA) is 43.8 Å². The molecule has 3 nitrogen and oxygen atoms in total. The molecule has 0 aliphatic heterocycles. The Balaban J connectivity index is 2.11. The van der Waals surface area contributed by atoms with Gasteiger partial charge in [-0.15, -0.1) is 0 Å². The molecule has 4 heteroatoms. The molecule has 1 heterocycles. The van der Waals surface area contributed by atoms with Gasteiger partial charge in [0.15, 0.2) is 0 Å². The van der Waals surface area contributed by atoms with Crippen molar-refractivity contribution in [2.24, 2.45) is 5.73 Å². The van der Waals surface area contributed by atoms with Gasteiger partial charge in [-0.25, -0.2) is 9.37 Å². The van der Waals surface area contributed by atoms with E-state index in [1.54, 1.807) is 12.4 Å². The van der Waals surface area contributed by atoms with Crippen LogP contribution in [0.5, 0.6) is 0 Å². The van der Waals surface area contributed by atoms with E-state index in [0.717, 1.165) is 36.2 Å². The number of aryl methyl sites for hydroxylation is 1. The van der Waals surface area contributed by atoms with E-state index in [1.807, 2.05) is 17.6 Å². The molecule has 1 unspecified atom stereocenters. The molecular formula is C16H20FN3. The molecule has 20 heavy (non-hydrogen) atoms. The molecule has 0 amide bonds. The minimum Gasteiger partial charge on any atom is -0.328 e. The third-order valence-corrected chi connectivity index (χ3v) is 3.88. The summed E-state index contributed by atoms with van der Waals surface area (Å²) in [5.74, 6) is -0.200. The van der Waals surface area contributed by atoms with Crippen molar-refractivity contribution in [1.29, 1.82) is 0 Å². The van der Waals surface area contributed by atoms with Gasteiger partial charge in [-0.3, -0.25) is 4.57 Å². The van der Waals surface area contributed by atoms with Gasteiger partial charge in [0.1, 0.15) is 5.82 Å². The second-order valence-electron chi connectivity index (χ2n) is 5.64. The first kappa shape index (κ1) is 13.3. The fourth-order valence-corrected chi connectivity index (χ4v) is 3.00. The van der Waals surface area contributed by atoms with E-state index in [2.05, 4.69) is 4.98 Å². The molecule has 1 atom stereocenters. The zero-order valence-electron chi connectivity index (χ0n) is 11.8. The summed E-state index contributed by atoms with van der Waals surface area (Å²) in [5.41, 5.74) is 9.74. The van der Waals surface area contributed by atoms with Crippen LogP contribution in [0.4, 0.5) is 4.39 Å². The smallest absolute Gasteiger partial charge is 0.147 e. The maximum absolute atomic E-state index is 14.3. The average Bonchev–Trinajstić information content (AvgIpc) is 2.82. The predicted octanol–water partition coefficient (Wildman–Crippen LogP) is 2.78. The minimum absolute atomic E-state index is 0.00916. The number of nitrogens with two attached hydrogens (primary N) is 1. The lowest BCUT2D eigenvalue weighted by atomic mass is 10.00. The minimum atomic E-state index is -0.200. The summed E-state index contributed by atoms with van der Waals surface area (Å²) in [6, 6.07) is 5.22.